The minimum absolute atomic E-state index is 0.246. The van der Waals surface area contributed by atoms with Crippen molar-refractivity contribution in [3.63, 3.8) is 0 Å². The van der Waals surface area contributed by atoms with E-state index in [0.29, 0.717) is 6.54 Å². The summed E-state index contributed by atoms with van der Waals surface area (Å²) in [5, 5.41) is 2.68. The van der Waals surface area contributed by atoms with Crippen molar-refractivity contribution in [3.05, 3.63) is 59.4 Å². The first-order chi connectivity index (χ1) is 10.3. The monoisotopic (exact) mass is 310 g/mol. The molecule has 0 aliphatic carbocycles. The summed E-state index contributed by atoms with van der Waals surface area (Å²) in [6, 6.07) is 6.55. The van der Waals surface area contributed by atoms with E-state index < -0.39 is 6.36 Å². The molecule has 0 spiro atoms. The zero-order valence-corrected chi connectivity index (χ0v) is 11.6. The highest BCUT2D eigenvalue weighted by Gasteiger charge is 2.31. The molecule has 1 aromatic carbocycles. The molecule has 116 valence electrons. The number of amides is 1. The molecule has 0 aliphatic rings. The third-order valence-corrected chi connectivity index (χ3v) is 2.94. The number of pyridine rings is 1. The number of aromatic nitrogens is 1. The maximum atomic E-state index is 12.0. The molecule has 0 fully saturated rings. The second-order valence-corrected chi connectivity index (χ2v) is 4.56. The Morgan fingerprint density at radius 1 is 1.23 bits per heavy atom. The van der Waals surface area contributed by atoms with Gasteiger partial charge in [-0.05, 0) is 48.4 Å². The molecule has 0 radical (unpaired) electrons. The van der Waals surface area contributed by atoms with Gasteiger partial charge in [-0.15, -0.1) is 13.2 Å². The Bertz CT molecular complexity index is 655. The van der Waals surface area contributed by atoms with Crippen LogP contribution >= 0.6 is 0 Å². The highest BCUT2D eigenvalue weighted by atomic mass is 19.4. The third kappa shape index (κ3) is 4.47. The Balaban J connectivity index is 1.97. The second kappa shape index (κ2) is 6.46. The van der Waals surface area contributed by atoms with E-state index >= 15 is 0 Å². The highest BCUT2D eigenvalue weighted by molar-refractivity contribution is 5.94. The van der Waals surface area contributed by atoms with Crippen LogP contribution in [0, 0.1) is 6.92 Å². The van der Waals surface area contributed by atoms with Crippen molar-refractivity contribution in [2.75, 3.05) is 0 Å². The van der Waals surface area contributed by atoms with Gasteiger partial charge in [0.25, 0.3) is 5.91 Å². The molecule has 0 saturated carbocycles. The highest BCUT2D eigenvalue weighted by Crippen LogP contribution is 2.22. The fraction of sp³-hybridized carbons (Fsp3) is 0.200. The number of hydrogen-bond acceptors (Lipinski definition) is 3. The number of hydrogen-bond donors (Lipinski definition) is 1. The molecule has 22 heavy (non-hydrogen) atoms. The summed E-state index contributed by atoms with van der Waals surface area (Å²) in [6.07, 6.45) is -1.45. The molecule has 0 saturated heterocycles. The van der Waals surface area contributed by atoms with Gasteiger partial charge in [0.1, 0.15) is 5.75 Å². The van der Waals surface area contributed by atoms with Crippen LogP contribution in [-0.2, 0) is 6.54 Å². The number of rotatable bonds is 4. The van der Waals surface area contributed by atoms with Gasteiger partial charge < -0.3 is 10.1 Å². The predicted molar refractivity (Wildman–Crippen MR) is 73.3 cm³/mol. The lowest BCUT2D eigenvalue weighted by Crippen LogP contribution is -2.23. The van der Waals surface area contributed by atoms with Crippen LogP contribution in [0.25, 0.3) is 0 Å². The van der Waals surface area contributed by atoms with Crippen LogP contribution in [0.1, 0.15) is 21.5 Å². The van der Waals surface area contributed by atoms with Crippen molar-refractivity contribution < 1.29 is 22.7 Å². The summed E-state index contributed by atoms with van der Waals surface area (Å²) in [6.45, 7) is 2.19. The second-order valence-electron chi connectivity index (χ2n) is 4.56. The Kier molecular flexibility index (Phi) is 4.65. The maximum absolute atomic E-state index is 12.0. The predicted octanol–water partition coefficient (Wildman–Crippen LogP) is 3.22. The molecule has 1 amide bonds. The zero-order chi connectivity index (χ0) is 16.2. The van der Waals surface area contributed by atoms with Crippen LogP contribution in [0.4, 0.5) is 13.2 Å². The molecular weight excluding hydrogens is 297 g/mol. The molecule has 4 nitrogen and oxygen atoms in total. The first-order valence-electron chi connectivity index (χ1n) is 6.38. The van der Waals surface area contributed by atoms with Crippen molar-refractivity contribution in [2.45, 2.75) is 19.8 Å². The van der Waals surface area contributed by atoms with E-state index in [1.165, 1.54) is 12.1 Å². The molecule has 0 unspecified atom stereocenters. The fourth-order valence-corrected chi connectivity index (χ4v) is 1.77. The van der Waals surface area contributed by atoms with E-state index in [2.05, 4.69) is 15.0 Å². The van der Waals surface area contributed by atoms with Crippen LogP contribution in [-0.4, -0.2) is 17.3 Å². The molecule has 2 rings (SSSR count). The molecule has 2 aromatic rings. The van der Waals surface area contributed by atoms with Gasteiger partial charge in [-0.2, -0.15) is 0 Å². The number of benzene rings is 1. The van der Waals surface area contributed by atoms with Gasteiger partial charge in [0.05, 0.1) is 0 Å². The molecule has 0 aliphatic heterocycles. The summed E-state index contributed by atoms with van der Waals surface area (Å²) >= 11 is 0. The van der Waals surface area contributed by atoms with Crippen molar-refractivity contribution in [1.82, 2.24) is 10.3 Å². The Labute approximate surface area is 124 Å². The molecule has 1 N–H and O–H groups in total. The number of nitrogens with zero attached hydrogens (tertiary/aromatic N) is 1. The number of nitrogens with one attached hydrogen (secondary N) is 1. The van der Waals surface area contributed by atoms with Crippen LogP contribution in [0.15, 0.2) is 42.7 Å². The molecule has 0 atom stereocenters. The van der Waals surface area contributed by atoms with E-state index in [9.17, 15) is 18.0 Å². The lowest BCUT2D eigenvalue weighted by atomic mass is 10.1. The molecule has 1 heterocycles. The van der Waals surface area contributed by atoms with Crippen LogP contribution < -0.4 is 10.1 Å². The van der Waals surface area contributed by atoms with Crippen LogP contribution in [0.3, 0.4) is 0 Å². The Morgan fingerprint density at radius 2 is 1.91 bits per heavy atom. The summed E-state index contributed by atoms with van der Waals surface area (Å²) in [5.74, 6) is -0.756. The lowest BCUT2D eigenvalue weighted by Gasteiger charge is -2.10. The molecule has 0 bridgehead atoms. The number of carbonyl (C=O) groups excluding carboxylic acids is 1. The fourth-order valence-electron chi connectivity index (χ4n) is 1.77. The largest absolute Gasteiger partial charge is 0.573 e. The summed E-state index contributed by atoms with van der Waals surface area (Å²) in [5.41, 5.74) is 2.10. The molecular formula is C15H13F3N2O2. The molecule has 1 aromatic heterocycles. The Hall–Kier alpha value is -2.57. The standard InChI is InChI=1S/C15H13F3N2O2/c1-10-6-7-19-8-12(10)9-20-14(21)11-2-4-13(5-3-11)22-15(16,17)18/h2-8H,9H2,1H3,(H,20,21). The topological polar surface area (TPSA) is 51.2 Å². The Morgan fingerprint density at radius 3 is 2.50 bits per heavy atom. The van der Waals surface area contributed by atoms with E-state index in [-0.39, 0.29) is 17.2 Å². The quantitative estimate of drug-likeness (QED) is 0.943. The SMILES string of the molecule is Cc1ccncc1CNC(=O)c1ccc(OC(F)(F)F)cc1. The van der Waals surface area contributed by atoms with E-state index in [0.717, 1.165) is 23.3 Å². The minimum atomic E-state index is -4.75. The van der Waals surface area contributed by atoms with E-state index in [1.54, 1.807) is 12.4 Å². The number of halogens is 3. The molecule has 7 heteroatoms. The van der Waals surface area contributed by atoms with Crippen molar-refractivity contribution in [3.8, 4) is 5.75 Å². The number of carbonyl (C=O) groups is 1. The summed E-state index contributed by atoms with van der Waals surface area (Å²) < 4.78 is 39.9. The van der Waals surface area contributed by atoms with Crippen LogP contribution in [0.2, 0.25) is 0 Å². The van der Waals surface area contributed by atoms with Crippen LogP contribution in [0.5, 0.6) is 5.75 Å². The van der Waals surface area contributed by atoms with Gasteiger partial charge in [0, 0.05) is 24.5 Å². The van der Waals surface area contributed by atoms with Gasteiger partial charge in [0.2, 0.25) is 0 Å². The smallest absolute Gasteiger partial charge is 0.406 e. The van der Waals surface area contributed by atoms with Crippen molar-refractivity contribution in [1.29, 1.82) is 0 Å². The van der Waals surface area contributed by atoms with E-state index in [1.807, 2.05) is 13.0 Å². The third-order valence-electron chi connectivity index (χ3n) is 2.94. The van der Waals surface area contributed by atoms with Gasteiger partial charge in [-0.1, -0.05) is 0 Å². The summed E-state index contributed by atoms with van der Waals surface area (Å²) in [7, 11) is 0. The normalized spacial score (nSPS) is 11.1. The van der Waals surface area contributed by atoms with Gasteiger partial charge in [0.15, 0.2) is 0 Å². The first-order valence-corrected chi connectivity index (χ1v) is 6.38. The number of alkyl halides is 3. The van der Waals surface area contributed by atoms with Gasteiger partial charge in [-0.3, -0.25) is 9.78 Å². The average Bonchev–Trinajstić information content (AvgIpc) is 2.45. The average molecular weight is 310 g/mol. The first kappa shape index (κ1) is 15.8. The van der Waals surface area contributed by atoms with Gasteiger partial charge in [-0.25, -0.2) is 0 Å². The minimum Gasteiger partial charge on any atom is -0.406 e. The number of ether oxygens (including phenoxy) is 1. The summed E-state index contributed by atoms with van der Waals surface area (Å²) in [4.78, 5) is 15.9. The number of aryl methyl sites for hydroxylation is 1. The van der Waals surface area contributed by atoms with E-state index in [4.69, 9.17) is 0 Å². The zero-order valence-electron chi connectivity index (χ0n) is 11.6. The maximum Gasteiger partial charge on any atom is 0.573 e. The lowest BCUT2D eigenvalue weighted by molar-refractivity contribution is -0.274. The van der Waals surface area contributed by atoms with Crippen molar-refractivity contribution >= 4 is 5.91 Å². The van der Waals surface area contributed by atoms with Gasteiger partial charge >= 0.3 is 6.36 Å². The van der Waals surface area contributed by atoms with Crippen molar-refractivity contribution in [2.24, 2.45) is 0 Å².